The fraction of sp³-hybridized carbons (Fsp3) is 0.364. The van der Waals surface area contributed by atoms with Gasteiger partial charge in [-0.05, 0) is 36.0 Å². The van der Waals surface area contributed by atoms with Crippen LogP contribution in [-0.2, 0) is 26.0 Å². The van der Waals surface area contributed by atoms with Crippen LogP contribution < -0.4 is 10.6 Å². The Morgan fingerprint density at radius 1 is 1.32 bits per heavy atom. The first-order valence-electron chi connectivity index (χ1n) is 10.2. The second-order valence-electron chi connectivity index (χ2n) is 8.91. The lowest BCUT2D eigenvalue weighted by Crippen LogP contribution is -2.41. The number of rotatable bonds is 3. The highest BCUT2D eigenvalue weighted by atomic mass is 16.3. The summed E-state index contributed by atoms with van der Waals surface area (Å²) in [5.41, 5.74) is 10.6. The standard InChI is InChI=1S/C22H23N7O2/c1-22(2)8-13-7-18-21(31)28(6-5-27(18)19(13)9-22)20-14(12-30)17(3-4-25-20)29-11-15(24)16(10-23)26-29/h3-4,7,11,30H,5-6,8-9,12,24H2,1-2H3. The summed E-state index contributed by atoms with van der Waals surface area (Å²) in [7, 11) is 0. The van der Waals surface area contributed by atoms with Gasteiger partial charge in [0.2, 0.25) is 0 Å². The van der Waals surface area contributed by atoms with E-state index in [1.54, 1.807) is 17.2 Å². The van der Waals surface area contributed by atoms with Crippen LogP contribution in [0.2, 0.25) is 0 Å². The molecule has 158 valence electrons. The summed E-state index contributed by atoms with van der Waals surface area (Å²) in [5.74, 6) is 0.265. The molecule has 3 aromatic rings. The van der Waals surface area contributed by atoms with Crippen molar-refractivity contribution in [1.29, 1.82) is 5.26 Å². The molecule has 3 N–H and O–H groups in total. The van der Waals surface area contributed by atoms with Crippen molar-refractivity contribution in [3.63, 3.8) is 0 Å². The molecule has 31 heavy (non-hydrogen) atoms. The summed E-state index contributed by atoms with van der Waals surface area (Å²) in [6.45, 7) is 5.30. The summed E-state index contributed by atoms with van der Waals surface area (Å²) >= 11 is 0. The van der Waals surface area contributed by atoms with Crippen LogP contribution in [0, 0.1) is 16.7 Å². The lowest BCUT2D eigenvalue weighted by molar-refractivity contribution is 0.0962. The van der Waals surface area contributed by atoms with Crippen LogP contribution in [0.5, 0.6) is 0 Å². The second-order valence-corrected chi connectivity index (χ2v) is 8.91. The van der Waals surface area contributed by atoms with Gasteiger partial charge in [-0.15, -0.1) is 0 Å². The first kappa shape index (κ1) is 19.3. The molecule has 0 radical (unpaired) electrons. The maximum Gasteiger partial charge on any atom is 0.276 e. The number of nitrogens with two attached hydrogens (primary N) is 1. The number of aliphatic hydroxyl groups excluding tert-OH is 1. The van der Waals surface area contributed by atoms with Gasteiger partial charge in [0.25, 0.3) is 5.91 Å². The second kappa shape index (κ2) is 6.68. The number of fused-ring (bicyclic) bond motifs is 3. The van der Waals surface area contributed by atoms with Crippen molar-refractivity contribution in [3.8, 4) is 11.8 Å². The van der Waals surface area contributed by atoms with E-state index in [0.29, 0.717) is 35.9 Å². The summed E-state index contributed by atoms with van der Waals surface area (Å²) in [4.78, 5) is 19.4. The van der Waals surface area contributed by atoms with Crippen molar-refractivity contribution in [1.82, 2.24) is 19.3 Å². The molecule has 0 bridgehead atoms. The van der Waals surface area contributed by atoms with Gasteiger partial charge in [0.15, 0.2) is 5.69 Å². The Bertz CT molecular complexity index is 1260. The average molecular weight is 417 g/mol. The van der Waals surface area contributed by atoms with Gasteiger partial charge >= 0.3 is 0 Å². The maximum atomic E-state index is 13.4. The minimum Gasteiger partial charge on any atom is -0.395 e. The van der Waals surface area contributed by atoms with Crippen LogP contribution in [0.15, 0.2) is 24.5 Å². The van der Waals surface area contributed by atoms with Gasteiger partial charge in [0.05, 0.1) is 24.2 Å². The summed E-state index contributed by atoms with van der Waals surface area (Å²) in [5, 5.41) is 23.5. The minimum atomic E-state index is -0.338. The van der Waals surface area contributed by atoms with Crippen LogP contribution in [0.1, 0.15) is 46.9 Å². The van der Waals surface area contributed by atoms with Gasteiger partial charge in [-0.25, -0.2) is 9.67 Å². The van der Waals surface area contributed by atoms with Crippen molar-refractivity contribution >= 4 is 17.4 Å². The molecular formula is C22H23N7O2. The predicted octanol–water partition coefficient (Wildman–Crippen LogP) is 1.80. The fourth-order valence-electron chi connectivity index (χ4n) is 4.78. The SMILES string of the molecule is CC1(C)Cc2cc3n(c2C1)CCN(c1nccc(-n2cc(N)c(C#N)n2)c1CO)C3=O. The smallest absolute Gasteiger partial charge is 0.276 e. The van der Waals surface area contributed by atoms with Crippen molar-refractivity contribution in [2.24, 2.45) is 5.41 Å². The highest BCUT2D eigenvalue weighted by molar-refractivity contribution is 6.06. The third-order valence-electron chi connectivity index (χ3n) is 6.14. The Morgan fingerprint density at radius 3 is 2.84 bits per heavy atom. The molecule has 0 spiro atoms. The Labute approximate surface area is 179 Å². The molecule has 1 amide bonds. The largest absolute Gasteiger partial charge is 0.395 e. The lowest BCUT2D eigenvalue weighted by Gasteiger charge is -2.30. The number of nitrogens with zero attached hydrogens (tertiary/aromatic N) is 6. The molecular weight excluding hydrogens is 394 g/mol. The molecule has 1 aliphatic carbocycles. The topological polar surface area (TPSA) is 126 Å². The van der Waals surface area contributed by atoms with Gasteiger partial charge in [-0.2, -0.15) is 10.4 Å². The van der Waals surface area contributed by atoms with Gasteiger partial charge in [-0.1, -0.05) is 13.8 Å². The van der Waals surface area contributed by atoms with E-state index in [4.69, 9.17) is 11.0 Å². The predicted molar refractivity (Wildman–Crippen MR) is 114 cm³/mol. The molecule has 2 aliphatic rings. The van der Waals surface area contributed by atoms with Crippen molar-refractivity contribution in [3.05, 3.63) is 52.7 Å². The molecule has 0 unspecified atom stereocenters. The molecule has 3 aromatic heterocycles. The third kappa shape index (κ3) is 2.91. The monoisotopic (exact) mass is 417 g/mol. The van der Waals surface area contributed by atoms with Gasteiger partial charge in [0.1, 0.15) is 17.6 Å². The molecule has 0 fully saturated rings. The van der Waals surface area contributed by atoms with E-state index in [2.05, 4.69) is 28.5 Å². The van der Waals surface area contributed by atoms with Crippen molar-refractivity contribution in [2.75, 3.05) is 17.2 Å². The van der Waals surface area contributed by atoms with Gasteiger partial charge in [-0.3, -0.25) is 9.69 Å². The molecule has 9 heteroatoms. The first-order valence-corrected chi connectivity index (χ1v) is 10.2. The molecule has 0 atom stereocenters. The highest BCUT2D eigenvalue weighted by Gasteiger charge is 2.37. The zero-order chi connectivity index (χ0) is 21.9. The number of anilines is 2. The number of nitriles is 1. The summed E-state index contributed by atoms with van der Waals surface area (Å²) in [6.07, 6.45) is 5.02. The van der Waals surface area contributed by atoms with Crippen molar-refractivity contribution < 1.29 is 9.90 Å². The lowest BCUT2D eigenvalue weighted by atomic mass is 9.90. The van der Waals surface area contributed by atoms with E-state index in [0.717, 1.165) is 12.8 Å². The minimum absolute atomic E-state index is 0.103. The number of hydrogen-bond donors (Lipinski definition) is 2. The number of hydrogen-bond acceptors (Lipinski definition) is 6. The Kier molecular flexibility index (Phi) is 4.17. The van der Waals surface area contributed by atoms with E-state index in [-0.39, 0.29) is 29.3 Å². The van der Waals surface area contributed by atoms with Crippen molar-refractivity contribution in [2.45, 2.75) is 39.8 Å². The Morgan fingerprint density at radius 2 is 2.13 bits per heavy atom. The molecule has 9 nitrogen and oxygen atoms in total. The quantitative estimate of drug-likeness (QED) is 0.669. The normalized spacial score (nSPS) is 16.8. The van der Waals surface area contributed by atoms with Crippen LogP contribution in [-0.4, -0.2) is 36.9 Å². The number of pyridine rings is 1. The van der Waals surface area contributed by atoms with E-state index >= 15 is 0 Å². The van der Waals surface area contributed by atoms with Crippen LogP contribution >= 0.6 is 0 Å². The number of aromatic nitrogens is 4. The summed E-state index contributed by atoms with van der Waals surface area (Å²) < 4.78 is 3.58. The van der Waals surface area contributed by atoms with E-state index in [1.165, 1.54) is 22.1 Å². The van der Waals surface area contributed by atoms with Crippen LogP contribution in [0.4, 0.5) is 11.5 Å². The van der Waals surface area contributed by atoms with Gasteiger partial charge in [0, 0.05) is 30.5 Å². The number of nitrogen functional groups attached to an aromatic ring is 1. The summed E-state index contributed by atoms with van der Waals surface area (Å²) in [6, 6.07) is 5.63. The Balaban J connectivity index is 1.55. The number of carbonyl (C=O) groups is 1. The third-order valence-corrected chi connectivity index (χ3v) is 6.14. The number of amides is 1. The van der Waals surface area contributed by atoms with Gasteiger partial charge < -0.3 is 15.4 Å². The van der Waals surface area contributed by atoms with Crippen LogP contribution in [0.3, 0.4) is 0 Å². The molecule has 4 heterocycles. The van der Waals surface area contributed by atoms with E-state index in [1.807, 2.05) is 12.1 Å². The number of carbonyl (C=O) groups excluding carboxylic acids is 1. The Hall–Kier alpha value is -3.64. The molecule has 0 aromatic carbocycles. The fourth-order valence-corrected chi connectivity index (χ4v) is 4.78. The average Bonchev–Trinajstić information content (AvgIpc) is 3.37. The molecule has 5 rings (SSSR count). The van der Waals surface area contributed by atoms with E-state index in [9.17, 15) is 9.90 Å². The number of aliphatic hydroxyl groups is 1. The molecule has 0 saturated heterocycles. The zero-order valence-corrected chi connectivity index (χ0v) is 17.5. The highest BCUT2D eigenvalue weighted by Crippen LogP contribution is 2.39. The van der Waals surface area contributed by atoms with E-state index < -0.39 is 0 Å². The maximum absolute atomic E-state index is 13.4. The van der Waals surface area contributed by atoms with Crippen LogP contribution in [0.25, 0.3) is 5.69 Å². The molecule has 1 aliphatic heterocycles. The first-order chi connectivity index (χ1) is 14.8. The zero-order valence-electron chi connectivity index (χ0n) is 17.5. The molecule has 0 saturated carbocycles.